The van der Waals surface area contributed by atoms with Crippen molar-refractivity contribution >= 4 is 28.2 Å². The highest BCUT2D eigenvalue weighted by Crippen LogP contribution is 2.28. The average Bonchev–Trinajstić information content (AvgIpc) is 3.09. The highest BCUT2D eigenvalue weighted by Gasteiger charge is 2.21. The Morgan fingerprint density at radius 1 is 1.23 bits per heavy atom. The van der Waals surface area contributed by atoms with Gasteiger partial charge in [0.2, 0.25) is 5.91 Å². The first-order valence-corrected chi connectivity index (χ1v) is 8.84. The maximum absolute atomic E-state index is 12.5. The Labute approximate surface area is 156 Å². The first-order valence-electron chi connectivity index (χ1n) is 7.96. The first-order chi connectivity index (χ1) is 12.4. The molecule has 0 aliphatic rings. The third kappa shape index (κ3) is 4.53. The molecule has 8 heteroatoms. The summed E-state index contributed by atoms with van der Waals surface area (Å²) in [7, 11) is 5.02. The van der Waals surface area contributed by atoms with Crippen LogP contribution >= 0.6 is 11.3 Å². The fraction of sp³-hybridized carbons (Fsp3) is 0.333. The summed E-state index contributed by atoms with van der Waals surface area (Å²) in [6, 6.07) is 6.82. The number of anilines is 1. The largest absolute Gasteiger partial charge is 0.493 e. The van der Waals surface area contributed by atoms with E-state index in [2.05, 4.69) is 5.32 Å². The molecule has 2 aromatic rings. The minimum Gasteiger partial charge on any atom is -0.493 e. The Hall–Kier alpha value is -2.58. The summed E-state index contributed by atoms with van der Waals surface area (Å²) in [5.74, 6) is 0.521. The molecule has 2 amide bonds. The number of nitrogens with one attached hydrogen (secondary N) is 1. The third-order valence-corrected chi connectivity index (χ3v) is 4.92. The van der Waals surface area contributed by atoms with Crippen molar-refractivity contribution in [2.24, 2.45) is 5.73 Å². The zero-order chi connectivity index (χ0) is 19.3. The number of nitrogens with zero attached hydrogens (tertiary/aromatic N) is 1. The highest BCUT2D eigenvalue weighted by molar-refractivity contribution is 7.14. The lowest BCUT2D eigenvalue weighted by Gasteiger charge is -2.24. The van der Waals surface area contributed by atoms with Crippen molar-refractivity contribution < 1.29 is 19.1 Å². The van der Waals surface area contributed by atoms with E-state index in [1.807, 2.05) is 30.1 Å². The van der Waals surface area contributed by atoms with E-state index >= 15 is 0 Å². The first kappa shape index (κ1) is 19.7. The van der Waals surface area contributed by atoms with Gasteiger partial charge in [-0.25, -0.2) is 0 Å². The van der Waals surface area contributed by atoms with Gasteiger partial charge in [-0.3, -0.25) is 14.5 Å². The Kier molecular flexibility index (Phi) is 6.59. The second-order valence-corrected chi connectivity index (χ2v) is 6.71. The van der Waals surface area contributed by atoms with Gasteiger partial charge in [0.05, 0.1) is 25.8 Å². The molecule has 0 fully saturated rings. The summed E-state index contributed by atoms with van der Waals surface area (Å²) in [6.07, 6.45) is 0. The summed E-state index contributed by atoms with van der Waals surface area (Å²) in [6.45, 7) is 2.34. The van der Waals surface area contributed by atoms with Crippen LogP contribution in [0, 0.1) is 0 Å². The average molecular weight is 377 g/mol. The number of thiophene rings is 1. The van der Waals surface area contributed by atoms with E-state index in [0.717, 1.165) is 5.56 Å². The van der Waals surface area contributed by atoms with Crippen LogP contribution in [0.15, 0.2) is 29.6 Å². The Bertz CT molecular complexity index is 790. The molecule has 3 N–H and O–H groups in total. The number of amides is 2. The molecule has 0 saturated carbocycles. The summed E-state index contributed by atoms with van der Waals surface area (Å²) in [5, 5.41) is 4.95. The molecule has 1 unspecified atom stereocenters. The number of carbonyl (C=O) groups is 2. The number of hydrogen-bond donors (Lipinski definition) is 2. The van der Waals surface area contributed by atoms with E-state index in [-0.39, 0.29) is 5.91 Å². The fourth-order valence-corrected chi connectivity index (χ4v) is 3.22. The number of primary amides is 1. The molecule has 140 valence electrons. The van der Waals surface area contributed by atoms with Crippen LogP contribution in [0.3, 0.4) is 0 Å². The molecule has 1 atom stereocenters. The van der Waals surface area contributed by atoms with E-state index < -0.39 is 11.9 Å². The summed E-state index contributed by atoms with van der Waals surface area (Å²) < 4.78 is 10.5. The van der Waals surface area contributed by atoms with E-state index in [1.54, 1.807) is 32.6 Å². The van der Waals surface area contributed by atoms with Crippen molar-refractivity contribution in [1.29, 1.82) is 0 Å². The van der Waals surface area contributed by atoms with Gasteiger partial charge in [-0.05, 0) is 43.1 Å². The molecule has 26 heavy (non-hydrogen) atoms. The van der Waals surface area contributed by atoms with Crippen molar-refractivity contribution in [2.45, 2.75) is 19.5 Å². The molecule has 0 spiro atoms. The SMILES string of the molecule is COc1ccc(CN(C)C(C)C(=O)Nc2sccc2C(N)=O)cc1OC. The minimum absolute atomic E-state index is 0.210. The molecule has 0 saturated heterocycles. The van der Waals surface area contributed by atoms with Crippen LogP contribution in [0.4, 0.5) is 5.00 Å². The van der Waals surface area contributed by atoms with Gasteiger partial charge < -0.3 is 20.5 Å². The molecule has 0 radical (unpaired) electrons. The van der Waals surface area contributed by atoms with E-state index in [9.17, 15) is 9.59 Å². The normalized spacial score (nSPS) is 11.9. The summed E-state index contributed by atoms with van der Waals surface area (Å²) in [4.78, 5) is 25.8. The van der Waals surface area contributed by atoms with Gasteiger partial charge in [0.1, 0.15) is 5.00 Å². The van der Waals surface area contributed by atoms with E-state index in [4.69, 9.17) is 15.2 Å². The lowest BCUT2D eigenvalue weighted by atomic mass is 10.1. The van der Waals surface area contributed by atoms with Crippen molar-refractivity contribution in [1.82, 2.24) is 4.90 Å². The van der Waals surface area contributed by atoms with Gasteiger partial charge in [0.15, 0.2) is 11.5 Å². The van der Waals surface area contributed by atoms with Gasteiger partial charge >= 0.3 is 0 Å². The Morgan fingerprint density at radius 2 is 1.92 bits per heavy atom. The van der Waals surface area contributed by atoms with Crippen molar-refractivity contribution in [3.05, 3.63) is 40.8 Å². The van der Waals surface area contributed by atoms with Crippen LogP contribution in [0.2, 0.25) is 0 Å². The minimum atomic E-state index is -0.562. The van der Waals surface area contributed by atoms with Crippen LogP contribution in [-0.2, 0) is 11.3 Å². The zero-order valence-electron chi connectivity index (χ0n) is 15.2. The number of benzene rings is 1. The van der Waals surface area contributed by atoms with Crippen LogP contribution in [-0.4, -0.2) is 44.0 Å². The number of methoxy groups -OCH3 is 2. The van der Waals surface area contributed by atoms with Gasteiger partial charge in [-0.2, -0.15) is 0 Å². The quantitative estimate of drug-likeness (QED) is 0.736. The summed E-state index contributed by atoms with van der Waals surface area (Å²) >= 11 is 1.27. The second kappa shape index (κ2) is 8.68. The van der Waals surface area contributed by atoms with Crippen LogP contribution < -0.4 is 20.5 Å². The van der Waals surface area contributed by atoms with Crippen LogP contribution in [0.5, 0.6) is 11.5 Å². The highest BCUT2D eigenvalue weighted by atomic mass is 32.1. The molecule has 1 heterocycles. The Balaban J connectivity index is 2.04. The van der Waals surface area contributed by atoms with Gasteiger partial charge in [-0.15, -0.1) is 11.3 Å². The number of hydrogen-bond acceptors (Lipinski definition) is 6. The predicted octanol–water partition coefficient (Wildman–Crippen LogP) is 2.32. The smallest absolute Gasteiger partial charge is 0.251 e. The number of likely N-dealkylation sites (N-methyl/N-ethyl adjacent to an activating group) is 1. The molecule has 2 rings (SSSR count). The molecule has 1 aromatic carbocycles. The number of ether oxygens (including phenoxy) is 2. The predicted molar refractivity (Wildman–Crippen MR) is 102 cm³/mol. The fourth-order valence-electron chi connectivity index (χ4n) is 2.42. The number of rotatable bonds is 8. The molecule has 0 aliphatic carbocycles. The van der Waals surface area contributed by atoms with Gasteiger partial charge in [0, 0.05) is 6.54 Å². The maximum atomic E-state index is 12.5. The number of carbonyl (C=O) groups excluding carboxylic acids is 2. The van der Waals surface area contributed by atoms with Crippen molar-refractivity contribution in [3.63, 3.8) is 0 Å². The summed E-state index contributed by atoms with van der Waals surface area (Å²) in [5.41, 5.74) is 6.61. The maximum Gasteiger partial charge on any atom is 0.251 e. The molecule has 0 aliphatic heterocycles. The lowest BCUT2D eigenvalue weighted by molar-refractivity contribution is -0.120. The standard InChI is InChI=1S/C18H23N3O4S/c1-11(17(23)20-18-13(16(19)22)7-8-26-18)21(2)10-12-5-6-14(24-3)15(9-12)25-4/h5-9,11H,10H2,1-4H3,(H2,19,22)(H,20,23). The monoisotopic (exact) mass is 377 g/mol. The number of nitrogens with two attached hydrogens (primary N) is 1. The van der Waals surface area contributed by atoms with E-state index in [1.165, 1.54) is 11.3 Å². The van der Waals surface area contributed by atoms with Crippen LogP contribution in [0.1, 0.15) is 22.8 Å². The topological polar surface area (TPSA) is 93.9 Å². The molecular weight excluding hydrogens is 354 g/mol. The van der Waals surface area contributed by atoms with E-state index in [0.29, 0.717) is 28.6 Å². The van der Waals surface area contributed by atoms with Crippen molar-refractivity contribution in [2.75, 3.05) is 26.6 Å². The lowest BCUT2D eigenvalue weighted by Crippen LogP contribution is -2.39. The molecule has 1 aromatic heterocycles. The third-order valence-electron chi connectivity index (χ3n) is 4.09. The van der Waals surface area contributed by atoms with Crippen molar-refractivity contribution in [3.8, 4) is 11.5 Å². The zero-order valence-corrected chi connectivity index (χ0v) is 16.1. The van der Waals surface area contributed by atoms with Gasteiger partial charge in [-0.1, -0.05) is 6.07 Å². The van der Waals surface area contributed by atoms with Gasteiger partial charge in [0.25, 0.3) is 5.91 Å². The second-order valence-electron chi connectivity index (χ2n) is 5.80. The molecular formula is C18H23N3O4S. The molecule has 0 bridgehead atoms. The Morgan fingerprint density at radius 3 is 2.54 bits per heavy atom. The molecule has 7 nitrogen and oxygen atoms in total. The van der Waals surface area contributed by atoms with Crippen LogP contribution in [0.25, 0.3) is 0 Å².